The Morgan fingerprint density at radius 2 is 1.16 bits per heavy atom. The number of fused-ring (bicyclic) bond motifs is 6. The molecule has 0 bridgehead atoms. The smallest absolute Gasteiger partial charge is 0.167 e. The summed E-state index contributed by atoms with van der Waals surface area (Å²) in [6.07, 6.45) is 0. The summed E-state index contributed by atoms with van der Waals surface area (Å²) in [5.41, 5.74) is 2.49. The molecule has 0 amide bonds. The second-order valence-electron chi connectivity index (χ2n) is 11.5. The summed E-state index contributed by atoms with van der Waals surface area (Å²) in [5, 5.41) is 1.24. The fourth-order valence-electron chi connectivity index (χ4n) is 6.45. The number of benzene rings is 7. The van der Waals surface area contributed by atoms with Gasteiger partial charge in [0.2, 0.25) is 0 Å². The van der Waals surface area contributed by atoms with Crippen molar-refractivity contribution in [2.45, 2.75) is 0 Å². The average Bonchev–Trinajstić information content (AvgIpc) is 3.85. The summed E-state index contributed by atoms with van der Waals surface area (Å²) < 4.78 is 114. The Labute approximate surface area is 304 Å². The molecule has 7 aromatic carbocycles. The lowest BCUT2D eigenvalue weighted by Crippen LogP contribution is -2.01. The largest absolute Gasteiger partial charge is 0.455 e. The van der Waals surface area contributed by atoms with Gasteiger partial charge in [-0.3, -0.25) is 0 Å². The maximum absolute atomic E-state index is 9.46. The molecule has 5 heteroatoms. The molecular weight excluding hydrogens is 613 g/mol. The third kappa shape index (κ3) is 4.52. The normalized spacial score (nSPS) is 15.0. The highest BCUT2D eigenvalue weighted by atomic mass is 16.3. The van der Waals surface area contributed by atoms with E-state index in [1.54, 1.807) is 12.1 Å². The van der Waals surface area contributed by atoms with Gasteiger partial charge in [0.05, 0.1) is 33.0 Å². The Hall–Kier alpha value is -6.85. The summed E-state index contributed by atoms with van der Waals surface area (Å²) in [4.78, 5) is 14.8. The molecule has 10 aromatic rings. The number of hydrogen-bond acceptors (Lipinski definition) is 4. The van der Waals surface area contributed by atoms with E-state index in [4.69, 9.17) is 31.7 Å². The van der Waals surface area contributed by atoms with Gasteiger partial charge in [-0.05, 0) is 53.5 Å². The second kappa shape index (κ2) is 11.4. The van der Waals surface area contributed by atoms with E-state index in [0.717, 1.165) is 26.5 Å². The first-order valence-corrected chi connectivity index (χ1v) is 15.7. The minimum absolute atomic E-state index is 0.102. The Balaban J connectivity index is 1.38. The Morgan fingerprint density at radius 3 is 2.06 bits per heavy atom. The van der Waals surface area contributed by atoms with Crippen LogP contribution in [0.15, 0.2) is 174 Å². The van der Waals surface area contributed by atoms with E-state index >= 15 is 0 Å². The van der Waals surface area contributed by atoms with Crippen molar-refractivity contribution in [1.82, 2.24) is 19.5 Å². The van der Waals surface area contributed by atoms with Gasteiger partial charge in [0.15, 0.2) is 17.5 Å². The van der Waals surface area contributed by atoms with Crippen LogP contribution in [-0.2, 0) is 0 Å². The third-order valence-corrected chi connectivity index (χ3v) is 8.66. The van der Waals surface area contributed by atoms with Gasteiger partial charge in [0.1, 0.15) is 11.2 Å². The molecule has 0 fully saturated rings. The number of aromatic nitrogens is 4. The van der Waals surface area contributed by atoms with E-state index < -0.39 is 78.2 Å². The highest BCUT2D eigenvalue weighted by molar-refractivity contribution is 6.15. The molecule has 0 N–H and O–H groups in total. The van der Waals surface area contributed by atoms with Crippen LogP contribution in [0.1, 0.15) is 16.4 Å². The highest BCUT2D eigenvalue weighted by Crippen LogP contribution is 2.40. The van der Waals surface area contributed by atoms with E-state index in [2.05, 4.69) is 0 Å². The van der Waals surface area contributed by atoms with Crippen molar-refractivity contribution >= 4 is 43.7 Å². The van der Waals surface area contributed by atoms with Crippen molar-refractivity contribution in [3.8, 4) is 51.0 Å². The quantitative estimate of drug-likeness (QED) is 0.186. The van der Waals surface area contributed by atoms with E-state index in [0.29, 0.717) is 22.3 Å². The van der Waals surface area contributed by atoms with E-state index in [-0.39, 0.29) is 44.8 Å². The number of rotatable bonds is 5. The average molecular weight is 653 g/mol. The summed E-state index contributed by atoms with van der Waals surface area (Å²) in [6, 6.07) is 22.1. The van der Waals surface area contributed by atoms with Gasteiger partial charge >= 0.3 is 0 Å². The maximum atomic E-state index is 9.46. The van der Waals surface area contributed by atoms with Crippen LogP contribution in [0.5, 0.6) is 0 Å². The molecule has 0 aliphatic rings. The van der Waals surface area contributed by atoms with Gasteiger partial charge in [-0.15, -0.1) is 0 Å². The Morgan fingerprint density at radius 1 is 0.480 bits per heavy atom. The monoisotopic (exact) mass is 652 g/mol. The summed E-state index contributed by atoms with van der Waals surface area (Å²) >= 11 is 0. The van der Waals surface area contributed by atoms with Crippen LogP contribution in [0.3, 0.4) is 0 Å². The zero-order chi connectivity index (χ0) is 43.5. The molecule has 10 rings (SSSR count). The molecule has 234 valence electrons. The molecule has 3 aromatic heterocycles. The van der Waals surface area contributed by atoms with Crippen molar-refractivity contribution in [1.29, 1.82) is 0 Å². The van der Waals surface area contributed by atoms with Crippen molar-refractivity contribution in [2.24, 2.45) is 0 Å². The molecule has 0 atom stereocenters. The molecular formula is C45H28N4O. The van der Waals surface area contributed by atoms with Gasteiger partial charge in [-0.25, -0.2) is 15.0 Å². The molecule has 0 aliphatic heterocycles. The molecule has 0 unspecified atom stereocenters. The van der Waals surface area contributed by atoms with E-state index in [1.165, 1.54) is 0 Å². The summed E-state index contributed by atoms with van der Waals surface area (Å²) in [5.74, 6) is 0.0468. The van der Waals surface area contributed by atoms with Gasteiger partial charge in [0.25, 0.3) is 0 Å². The van der Waals surface area contributed by atoms with Crippen molar-refractivity contribution in [2.75, 3.05) is 0 Å². The number of hydrogen-bond donors (Lipinski definition) is 0. The first kappa shape index (κ1) is 18.6. The first-order chi connectivity index (χ1) is 29.8. The molecule has 5 nitrogen and oxygen atoms in total. The zero-order valence-corrected chi connectivity index (χ0v) is 25.9. The summed E-state index contributed by atoms with van der Waals surface area (Å²) in [7, 11) is 0. The number of nitrogens with zero attached hydrogens (tertiary/aromatic N) is 4. The Bertz CT molecular complexity index is 3540. The minimum atomic E-state index is -0.726. The number of furan rings is 1. The zero-order valence-electron chi connectivity index (χ0n) is 37.9. The van der Waals surface area contributed by atoms with Crippen LogP contribution >= 0.6 is 0 Å². The summed E-state index contributed by atoms with van der Waals surface area (Å²) in [6.45, 7) is 0. The van der Waals surface area contributed by atoms with Gasteiger partial charge in [0, 0.05) is 38.4 Å². The van der Waals surface area contributed by atoms with Crippen LogP contribution in [0.25, 0.3) is 94.7 Å². The second-order valence-corrected chi connectivity index (χ2v) is 11.5. The molecule has 3 heterocycles. The molecule has 0 saturated heterocycles. The predicted molar refractivity (Wildman–Crippen MR) is 203 cm³/mol. The van der Waals surface area contributed by atoms with Gasteiger partial charge < -0.3 is 8.98 Å². The minimum Gasteiger partial charge on any atom is -0.455 e. The van der Waals surface area contributed by atoms with Gasteiger partial charge in [-0.2, -0.15) is 0 Å². The molecule has 0 spiro atoms. The van der Waals surface area contributed by atoms with Crippen molar-refractivity contribution in [3.63, 3.8) is 0 Å². The van der Waals surface area contributed by atoms with Crippen molar-refractivity contribution < 1.29 is 20.9 Å². The van der Waals surface area contributed by atoms with E-state index in [1.807, 2.05) is 84.9 Å². The number of para-hydroxylation sites is 4. The lowest BCUT2D eigenvalue weighted by molar-refractivity contribution is 0.669. The van der Waals surface area contributed by atoms with Crippen LogP contribution < -0.4 is 0 Å². The van der Waals surface area contributed by atoms with Crippen LogP contribution in [-0.4, -0.2) is 19.5 Å². The molecule has 0 saturated carbocycles. The lowest BCUT2D eigenvalue weighted by atomic mass is 10.0. The Kier molecular flexibility index (Phi) is 4.24. The molecule has 50 heavy (non-hydrogen) atoms. The fourth-order valence-corrected chi connectivity index (χ4v) is 6.45. The van der Waals surface area contributed by atoms with Crippen LogP contribution in [0.4, 0.5) is 0 Å². The first-order valence-electron chi connectivity index (χ1n) is 21.7. The maximum Gasteiger partial charge on any atom is 0.167 e. The third-order valence-electron chi connectivity index (χ3n) is 8.66. The predicted octanol–water partition coefficient (Wildman–Crippen LogP) is 11.5. The fraction of sp³-hybridized carbons (Fsp3) is 0. The van der Waals surface area contributed by atoms with Crippen molar-refractivity contribution in [3.05, 3.63) is 170 Å². The standard InChI is InChI=1S/C45H28N4O/c1-3-14-29(15-4-1)30-16-11-17-31(28-30)43-46-44(48-45(47-43)37-24-12-22-34-33-20-8-10-27-40(33)50-42(34)37)36-23-13-26-39-41(36)35-21-7-9-25-38(35)49(39)32-18-5-2-6-19-32/h1-28H/i2D,5D,6D,7D,9D,13D,18D,19D,21D,23D,25D,26D. The van der Waals surface area contributed by atoms with Gasteiger partial charge in [-0.1, -0.05) is 127 Å². The van der Waals surface area contributed by atoms with Crippen LogP contribution in [0.2, 0.25) is 0 Å². The van der Waals surface area contributed by atoms with E-state index in [9.17, 15) is 4.11 Å². The SMILES string of the molecule is [2H]c1c([2H])c([2H])c(-n2c3c([2H])c([2H])c([2H])c([2H])c3c3c(-c4nc(-c5cccc(-c6ccccc6)c5)nc(-c5cccc6c5oc5ccccc56)n4)c([2H])c([2H])c([2H])c32)c([2H])c1[2H]. The lowest BCUT2D eigenvalue weighted by Gasteiger charge is -2.11. The molecule has 0 radical (unpaired) electrons. The highest BCUT2D eigenvalue weighted by Gasteiger charge is 2.21. The molecule has 0 aliphatic carbocycles. The van der Waals surface area contributed by atoms with Crippen LogP contribution in [0, 0.1) is 0 Å². The topological polar surface area (TPSA) is 56.7 Å².